The molecule has 0 aliphatic carbocycles. The summed E-state index contributed by atoms with van der Waals surface area (Å²) in [5, 5.41) is 14.2. The molecule has 2 N–H and O–H groups in total. The maximum atomic E-state index is 10.7. The second-order valence-corrected chi connectivity index (χ2v) is 5.31. The zero-order valence-corrected chi connectivity index (χ0v) is 10.9. The van der Waals surface area contributed by atoms with Crippen molar-refractivity contribution in [1.82, 2.24) is 5.32 Å². The number of ether oxygens (including phenoxy) is 2. The van der Waals surface area contributed by atoms with Gasteiger partial charge in [-0.1, -0.05) is 0 Å². The van der Waals surface area contributed by atoms with Crippen molar-refractivity contribution >= 4 is 0 Å². The summed E-state index contributed by atoms with van der Waals surface area (Å²) in [5.74, 6) is 0. The number of hydrogen-bond donors (Lipinski definition) is 2. The molecule has 2 fully saturated rings. The predicted octanol–water partition coefficient (Wildman–Crippen LogP) is 1.42. The van der Waals surface area contributed by atoms with Gasteiger partial charge in [-0.3, -0.25) is 0 Å². The third kappa shape index (κ3) is 3.41. The van der Waals surface area contributed by atoms with Gasteiger partial charge in [0.2, 0.25) is 0 Å². The first-order valence-corrected chi connectivity index (χ1v) is 6.87. The molecular weight excluding hydrogens is 218 g/mol. The van der Waals surface area contributed by atoms with E-state index in [-0.39, 0.29) is 6.29 Å². The summed E-state index contributed by atoms with van der Waals surface area (Å²) in [6.45, 7) is 5.18. The van der Waals surface area contributed by atoms with Crippen LogP contribution in [0.3, 0.4) is 0 Å². The number of hydrogen-bond acceptors (Lipinski definition) is 4. The number of piperidine rings is 1. The Bertz CT molecular complexity index is 229. The molecule has 17 heavy (non-hydrogen) atoms. The molecule has 4 heteroatoms. The van der Waals surface area contributed by atoms with Crippen LogP contribution in [0.1, 0.15) is 46.0 Å². The average molecular weight is 243 g/mol. The number of rotatable bonds is 6. The molecule has 0 spiro atoms. The molecule has 2 unspecified atom stereocenters. The van der Waals surface area contributed by atoms with E-state index in [2.05, 4.69) is 5.32 Å². The minimum absolute atomic E-state index is 0.257. The van der Waals surface area contributed by atoms with E-state index in [1.54, 1.807) is 0 Å². The van der Waals surface area contributed by atoms with E-state index in [1.807, 2.05) is 13.8 Å². The Kier molecular flexibility index (Phi) is 4.42. The Hall–Kier alpha value is -0.160. The van der Waals surface area contributed by atoms with Crippen LogP contribution in [0.25, 0.3) is 0 Å². The largest absolute Gasteiger partial charge is 0.390 e. The van der Waals surface area contributed by atoms with Crippen molar-refractivity contribution < 1.29 is 14.6 Å². The van der Waals surface area contributed by atoms with Crippen molar-refractivity contribution in [3.05, 3.63) is 0 Å². The standard InChI is InChI=1S/C13H25NO3/c1-3-16-12(17-4-2)9-13(15)7-10-5-6-11(8-13)14-10/h10-12,14-15H,3-9H2,1-2H3. The molecular formula is C13H25NO3. The lowest BCUT2D eigenvalue weighted by molar-refractivity contribution is -0.175. The van der Waals surface area contributed by atoms with Gasteiger partial charge in [0.1, 0.15) is 0 Å². The molecule has 2 rings (SSSR count). The highest BCUT2D eigenvalue weighted by atomic mass is 16.7. The van der Waals surface area contributed by atoms with Crippen LogP contribution in [0.2, 0.25) is 0 Å². The van der Waals surface area contributed by atoms with Crippen LogP contribution >= 0.6 is 0 Å². The van der Waals surface area contributed by atoms with Crippen molar-refractivity contribution in [2.45, 2.75) is 69.9 Å². The molecule has 0 aromatic heterocycles. The summed E-state index contributed by atoms with van der Waals surface area (Å²) >= 11 is 0. The highest BCUT2D eigenvalue weighted by Crippen LogP contribution is 2.37. The minimum Gasteiger partial charge on any atom is -0.390 e. The van der Waals surface area contributed by atoms with Gasteiger partial charge in [-0.2, -0.15) is 0 Å². The van der Waals surface area contributed by atoms with Crippen LogP contribution in [0.5, 0.6) is 0 Å². The third-order valence-electron chi connectivity index (χ3n) is 3.84. The van der Waals surface area contributed by atoms with Gasteiger partial charge in [0.25, 0.3) is 0 Å². The molecule has 2 aliphatic rings. The summed E-state index contributed by atoms with van der Waals surface area (Å²) in [4.78, 5) is 0. The quantitative estimate of drug-likeness (QED) is 0.693. The normalized spacial score (nSPS) is 36.7. The highest BCUT2D eigenvalue weighted by Gasteiger charge is 2.43. The average Bonchev–Trinajstić information content (AvgIpc) is 2.59. The maximum Gasteiger partial charge on any atom is 0.160 e. The lowest BCUT2D eigenvalue weighted by Gasteiger charge is -2.38. The number of aliphatic hydroxyl groups is 1. The van der Waals surface area contributed by atoms with Gasteiger partial charge in [-0.25, -0.2) is 0 Å². The fraction of sp³-hybridized carbons (Fsp3) is 1.00. The Labute approximate surface area is 104 Å². The van der Waals surface area contributed by atoms with E-state index in [1.165, 1.54) is 12.8 Å². The summed E-state index contributed by atoms with van der Waals surface area (Å²) < 4.78 is 11.1. The maximum absolute atomic E-state index is 10.7. The van der Waals surface area contributed by atoms with E-state index in [9.17, 15) is 5.11 Å². The van der Waals surface area contributed by atoms with E-state index in [0.29, 0.717) is 31.7 Å². The van der Waals surface area contributed by atoms with E-state index in [4.69, 9.17) is 9.47 Å². The summed E-state index contributed by atoms with van der Waals surface area (Å²) in [6, 6.07) is 0.977. The van der Waals surface area contributed by atoms with Gasteiger partial charge >= 0.3 is 0 Å². The lowest BCUT2D eigenvalue weighted by atomic mass is 9.84. The Morgan fingerprint density at radius 2 is 1.71 bits per heavy atom. The Morgan fingerprint density at radius 1 is 1.18 bits per heavy atom. The zero-order valence-electron chi connectivity index (χ0n) is 10.9. The molecule has 100 valence electrons. The van der Waals surface area contributed by atoms with E-state index < -0.39 is 5.60 Å². The van der Waals surface area contributed by atoms with E-state index in [0.717, 1.165) is 12.8 Å². The van der Waals surface area contributed by atoms with Crippen LogP contribution in [-0.2, 0) is 9.47 Å². The second-order valence-electron chi connectivity index (χ2n) is 5.31. The Morgan fingerprint density at radius 3 is 2.18 bits per heavy atom. The van der Waals surface area contributed by atoms with Gasteiger partial charge < -0.3 is 19.9 Å². The van der Waals surface area contributed by atoms with Gasteiger partial charge in [-0.05, 0) is 39.5 Å². The predicted molar refractivity (Wildman–Crippen MR) is 65.8 cm³/mol. The van der Waals surface area contributed by atoms with Crippen LogP contribution in [0.15, 0.2) is 0 Å². The molecule has 0 radical (unpaired) electrons. The molecule has 0 aromatic carbocycles. The summed E-state index contributed by atoms with van der Waals surface area (Å²) in [5.41, 5.74) is -0.605. The highest BCUT2D eigenvalue weighted by molar-refractivity contribution is 5.00. The molecule has 2 atom stereocenters. The monoisotopic (exact) mass is 243 g/mol. The van der Waals surface area contributed by atoms with Crippen molar-refractivity contribution in [2.24, 2.45) is 0 Å². The molecule has 2 saturated heterocycles. The number of fused-ring (bicyclic) bond motifs is 2. The van der Waals surface area contributed by atoms with Gasteiger partial charge in [0.05, 0.1) is 5.60 Å². The molecule has 0 amide bonds. The van der Waals surface area contributed by atoms with Crippen LogP contribution < -0.4 is 5.32 Å². The minimum atomic E-state index is -0.605. The lowest BCUT2D eigenvalue weighted by Crippen LogP contribution is -2.50. The van der Waals surface area contributed by atoms with Crippen molar-refractivity contribution in [3.63, 3.8) is 0 Å². The smallest absolute Gasteiger partial charge is 0.160 e. The molecule has 0 aromatic rings. The fourth-order valence-electron chi connectivity index (χ4n) is 3.24. The third-order valence-corrected chi connectivity index (χ3v) is 3.84. The topological polar surface area (TPSA) is 50.7 Å². The molecule has 2 heterocycles. The van der Waals surface area contributed by atoms with Crippen LogP contribution in [0, 0.1) is 0 Å². The number of nitrogens with one attached hydrogen (secondary N) is 1. The van der Waals surface area contributed by atoms with Crippen molar-refractivity contribution in [3.8, 4) is 0 Å². The van der Waals surface area contributed by atoms with Gasteiger partial charge in [0, 0.05) is 31.7 Å². The SMILES string of the molecule is CCOC(CC1(O)CC2CCC(C1)N2)OCC. The molecule has 4 nitrogen and oxygen atoms in total. The first kappa shape index (κ1) is 13.3. The summed E-state index contributed by atoms with van der Waals surface area (Å²) in [6.07, 6.45) is 4.40. The second kappa shape index (κ2) is 5.65. The summed E-state index contributed by atoms with van der Waals surface area (Å²) in [7, 11) is 0. The van der Waals surface area contributed by atoms with Crippen LogP contribution in [0.4, 0.5) is 0 Å². The van der Waals surface area contributed by atoms with Crippen molar-refractivity contribution in [1.29, 1.82) is 0 Å². The van der Waals surface area contributed by atoms with E-state index >= 15 is 0 Å². The molecule has 2 aliphatic heterocycles. The first-order valence-electron chi connectivity index (χ1n) is 6.87. The van der Waals surface area contributed by atoms with Crippen molar-refractivity contribution in [2.75, 3.05) is 13.2 Å². The first-order chi connectivity index (χ1) is 8.15. The molecule has 0 saturated carbocycles. The molecule has 2 bridgehead atoms. The van der Waals surface area contributed by atoms with Gasteiger partial charge in [0.15, 0.2) is 6.29 Å². The van der Waals surface area contributed by atoms with Crippen LogP contribution in [-0.4, -0.2) is 42.3 Å². The zero-order chi connectivity index (χ0) is 12.3. The van der Waals surface area contributed by atoms with Gasteiger partial charge in [-0.15, -0.1) is 0 Å². The fourth-order valence-corrected chi connectivity index (χ4v) is 3.24. The Balaban J connectivity index is 1.91.